The number of halogens is 1. The highest BCUT2D eigenvalue weighted by Crippen LogP contribution is 2.34. The van der Waals surface area contributed by atoms with Crippen LogP contribution < -0.4 is 0 Å². The van der Waals surface area contributed by atoms with Crippen molar-refractivity contribution < 1.29 is 0 Å². The maximum absolute atomic E-state index is 4.89. The summed E-state index contributed by atoms with van der Waals surface area (Å²) in [6, 6.07) is 37.0. The summed E-state index contributed by atoms with van der Waals surface area (Å²) < 4.78 is 0.512. The Balaban J connectivity index is 1.68. The smallest absolute Gasteiger partial charge is 0.200 e. The van der Waals surface area contributed by atoms with E-state index in [2.05, 4.69) is 74.4 Å². The van der Waals surface area contributed by atoms with E-state index in [4.69, 9.17) is 4.98 Å². The monoisotopic (exact) mass is 463 g/mol. The number of hydrogen-bond donors (Lipinski definition) is 0. The van der Waals surface area contributed by atoms with Gasteiger partial charge >= 0.3 is 0 Å². The second-order valence-electron chi connectivity index (χ2n) is 7.07. The van der Waals surface area contributed by atoms with Crippen LogP contribution in [0.2, 0.25) is 0 Å². The molecule has 0 radical (unpaired) electrons. The molecule has 1 aromatic heterocycles. The van der Waals surface area contributed by atoms with Crippen LogP contribution in [-0.2, 0) is 0 Å². The second kappa shape index (κ2) is 8.62. The molecule has 0 unspecified atom stereocenters. The molecule has 0 spiro atoms. The Morgan fingerprint density at radius 2 is 0.742 bits per heavy atom. The van der Waals surface area contributed by atoms with Gasteiger partial charge in [-0.25, -0.2) is 15.0 Å². The lowest BCUT2D eigenvalue weighted by atomic mass is 9.98. The van der Waals surface area contributed by atoms with E-state index in [1.165, 1.54) is 0 Å². The minimum atomic E-state index is 0.512. The van der Waals surface area contributed by atoms with E-state index in [9.17, 15) is 0 Å². The van der Waals surface area contributed by atoms with E-state index in [-0.39, 0.29) is 0 Å². The summed E-state index contributed by atoms with van der Waals surface area (Å²) in [5.74, 6) is 1.28. The number of nitrogens with zero attached hydrogens (tertiary/aromatic N) is 3. The van der Waals surface area contributed by atoms with Crippen molar-refractivity contribution in [1.82, 2.24) is 15.0 Å². The van der Waals surface area contributed by atoms with Gasteiger partial charge in [0, 0.05) is 11.1 Å². The number of rotatable bonds is 4. The summed E-state index contributed by atoms with van der Waals surface area (Å²) in [4.78, 5) is 14.1. The average molecular weight is 464 g/mol. The largest absolute Gasteiger partial charge is 0.208 e. The second-order valence-corrected chi connectivity index (χ2v) is 7.78. The molecule has 0 aliphatic heterocycles. The average Bonchev–Trinajstić information content (AvgIpc) is 2.85. The van der Waals surface area contributed by atoms with E-state index in [1.54, 1.807) is 0 Å². The van der Waals surface area contributed by atoms with Crippen LogP contribution >= 0.6 is 15.9 Å². The predicted octanol–water partition coefficient (Wildman–Crippen LogP) is 7.30. The number of hydrogen-bond acceptors (Lipinski definition) is 3. The highest BCUT2D eigenvalue weighted by molar-refractivity contribution is 9.10. The predicted molar refractivity (Wildman–Crippen MR) is 129 cm³/mol. The third-order valence-corrected chi connectivity index (χ3v) is 5.47. The summed E-state index contributed by atoms with van der Waals surface area (Å²) in [5, 5.41) is 0. The lowest BCUT2D eigenvalue weighted by Gasteiger charge is -2.12. The Labute approximate surface area is 189 Å². The van der Waals surface area contributed by atoms with Gasteiger partial charge in [-0.3, -0.25) is 0 Å². The molecule has 0 N–H and O–H groups in total. The van der Waals surface area contributed by atoms with Crippen LogP contribution in [0.25, 0.3) is 45.0 Å². The molecule has 0 fully saturated rings. The first-order valence-electron chi connectivity index (χ1n) is 10.0. The van der Waals surface area contributed by atoms with E-state index in [0.717, 1.165) is 33.4 Å². The van der Waals surface area contributed by atoms with Crippen molar-refractivity contribution in [3.8, 4) is 45.0 Å². The Kier molecular flexibility index (Phi) is 5.38. The van der Waals surface area contributed by atoms with Gasteiger partial charge < -0.3 is 0 Å². The first kappa shape index (κ1) is 19.3. The van der Waals surface area contributed by atoms with Gasteiger partial charge in [0.05, 0.1) is 0 Å². The molecular weight excluding hydrogens is 446 g/mol. The zero-order valence-corrected chi connectivity index (χ0v) is 18.2. The van der Waals surface area contributed by atoms with Crippen LogP contribution in [0, 0.1) is 0 Å². The summed E-state index contributed by atoms with van der Waals surface area (Å²) in [5.41, 5.74) is 6.36. The standard InChI is InChI=1S/C27H18BrN3/c28-27-30-25(23-17-9-7-15-21(23)19-11-3-1-4-12-19)29-26(31-27)24-18-10-8-16-22(24)20-13-5-2-6-14-20/h1-18H. The Morgan fingerprint density at radius 3 is 1.16 bits per heavy atom. The summed E-state index contributed by atoms with van der Waals surface area (Å²) in [7, 11) is 0. The molecule has 31 heavy (non-hydrogen) atoms. The lowest BCUT2D eigenvalue weighted by molar-refractivity contribution is 1.03. The maximum Gasteiger partial charge on any atom is 0.200 e. The van der Waals surface area contributed by atoms with Gasteiger partial charge in [0.15, 0.2) is 11.6 Å². The molecule has 4 heteroatoms. The van der Waals surface area contributed by atoms with Gasteiger partial charge in [-0.1, -0.05) is 109 Å². The molecule has 0 atom stereocenters. The normalized spacial score (nSPS) is 10.7. The first-order chi connectivity index (χ1) is 15.3. The van der Waals surface area contributed by atoms with Crippen molar-refractivity contribution in [2.45, 2.75) is 0 Å². The molecule has 1 heterocycles. The van der Waals surface area contributed by atoms with Gasteiger partial charge in [0.2, 0.25) is 4.73 Å². The topological polar surface area (TPSA) is 38.7 Å². The minimum Gasteiger partial charge on any atom is -0.208 e. The molecule has 0 saturated heterocycles. The summed E-state index contributed by atoms with van der Waals surface area (Å²) in [6.45, 7) is 0. The fourth-order valence-electron chi connectivity index (χ4n) is 3.69. The Morgan fingerprint density at radius 1 is 0.387 bits per heavy atom. The SMILES string of the molecule is Brc1nc(-c2ccccc2-c2ccccc2)nc(-c2ccccc2-c2ccccc2)n1. The van der Waals surface area contributed by atoms with E-state index in [0.29, 0.717) is 16.4 Å². The minimum absolute atomic E-state index is 0.512. The van der Waals surface area contributed by atoms with Crippen LogP contribution in [0.3, 0.4) is 0 Å². The highest BCUT2D eigenvalue weighted by Gasteiger charge is 2.15. The Bertz CT molecular complexity index is 1230. The van der Waals surface area contributed by atoms with Gasteiger partial charge in [-0.05, 0) is 38.2 Å². The molecule has 0 bridgehead atoms. The molecule has 0 aliphatic carbocycles. The fraction of sp³-hybridized carbons (Fsp3) is 0. The van der Waals surface area contributed by atoms with Crippen molar-refractivity contribution in [2.24, 2.45) is 0 Å². The molecule has 5 aromatic rings. The number of benzene rings is 4. The van der Waals surface area contributed by atoms with Crippen molar-refractivity contribution in [2.75, 3.05) is 0 Å². The van der Waals surface area contributed by atoms with Crippen LogP contribution in [0.5, 0.6) is 0 Å². The molecule has 0 saturated carbocycles. The van der Waals surface area contributed by atoms with Crippen LogP contribution in [0.15, 0.2) is 114 Å². The fourth-order valence-corrected chi connectivity index (χ4v) is 4.02. The third kappa shape index (κ3) is 4.03. The van der Waals surface area contributed by atoms with Crippen molar-refractivity contribution in [3.05, 3.63) is 114 Å². The van der Waals surface area contributed by atoms with Crippen LogP contribution in [-0.4, -0.2) is 15.0 Å². The zero-order valence-electron chi connectivity index (χ0n) is 16.6. The van der Waals surface area contributed by atoms with Crippen molar-refractivity contribution in [3.63, 3.8) is 0 Å². The quantitative estimate of drug-likeness (QED) is 0.280. The molecule has 0 amide bonds. The van der Waals surface area contributed by atoms with E-state index < -0.39 is 0 Å². The van der Waals surface area contributed by atoms with Gasteiger partial charge in [0.25, 0.3) is 0 Å². The van der Waals surface area contributed by atoms with E-state index in [1.807, 2.05) is 60.7 Å². The van der Waals surface area contributed by atoms with Gasteiger partial charge in [0.1, 0.15) is 0 Å². The highest BCUT2D eigenvalue weighted by atomic mass is 79.9. The zero-order chi connectivity index (χ0) is 21.0. The third-order valence-electron chi connectivity index (χ3n) is 5.11. The van der Waals surface area contributed by atoms with E-state index >= 15 is 0 Å². The van der Waals surface area contributed by atoms with Crippen LogP contribution in [0.4, 0.5) is 0 Å². The lowest BCUT2D eigenvalue weighted by Crippen LogP contribution is -1.99. The van der Waals surface area contributed by atoms with Crippen LogP contribution in [0.1, 0.15) is 0 Å². The molecule has 5 rings (SSSR count). The molecular formula is C27H18BrN3. The summed E-state index contributed by atoms with van der Waals surface area (Å²) in [6.07, 6.45) is 0. The summed E-state index contributed by atoms with van der Waals surface area (Å²) >= 11 is 3.51. The molecule has 148 valence electrons. The van der Waals surface area contributed by atoms with Crippen molar-refractivity contribution >= 4 is 15.9 Å². The Hall–Kier alpha value is -3.63. The molecule has 3 nitrogen and oxygen atoms in total. The van der Waals surface area contributed by atoms with Gasteiger partial charge in [-0.2, -0.15) is 0 Å². The molecule has 0 aliphatic rings. The number of aromatic nitrogens is 3. The first-order valence-corrected chi connectivity index (χ1v) is 10.8. The van der Waals surface area contributed by atoms with Gasteiger partial charge in [-0.15, -0.1) is 0 Å². The molecule has 4 aromatic carbocycles. The van der Waals surface area contributed by atoms with Crippen molar-refractivity contribution in [1.29, 1.82) is 0 Å². The maximum atomic E-state index is 4.89.